The number of carbonyl (C=O) groups excluding carboxylic acids is 3. The number of thiophene rings is 1. The third-order valence-electron chi connectivity index (χ3n) is 5.32. The molecule has 2 N–H and O–H groups in total. The number of phenolic OH excluding ortho intramolecular Hbond substituents is 1. The van der Waals surface area contributed by atoms with Gasteiger partial charge in [0.05, 0.1) is 12.2 Å². The number of carbonyl (C=O) groups is 3. The summed E-state index contributed by atoms with van der Waals surface area (Å²) in [6.07, 6.45) is 3.65. The van der Waals surface area contributed by atoms with Crippen LogP contribution in [0.2, 0.25) is 0 Å². The van der Waals surface area contributed by atoms with Crippen molar-refractivity contribution in [2.75, 3.05) is 18.5 Å². The Kier molecular flexibility index (Phi) is 6.41. The van der Waals surface area contributed by atoms with Crippen LogP contribution >= 0.6 is 11.3 Å². The fourth-order valence-electron chi connectivity index (χ4n) is 3.84. The van der Waals surface area contributed by atoms with Gasteiger partial charge in [-0.3, -0.25) is 4.79 Å². The minimum absolute atomic E-state index is 0.0182. The molecule has 32 heavy (non-hydrogen) atoms. The van der Waals surface area contributed by atoms with E-state index in [1.807, 2.05) is 24.3 Å². The molecule has 1 heterocycles. The first-order valence-electron chi connectivity index (χ1n) is 10.5. The van der Waals surface area contributed by atoms with Crippen LogP contribution in [-0.4, -0.2) is 36.2 Å². The number of fused-ring (bicyclic) bond motifs is 2. The lowest BCUT2D eigenvalue weighted by Crippen LogP contribution is -2.22. The van der Waals surface area contributed by atoms with Crippen molar-refractivity contribution >= 4 is 45.0 Å². The van der Waals surface area contributed by atoms with Gasteiger partial charge >= 0.3 is 11.9 Å². The molecule has 1 aliphatic carbocycles. The molecule has 0 saturated carbocycles. The van der Waals surface area contributed by atoms with Crippen molar-refractivity contribution in [1.82, 2.24) is 0 Å². The summed E-state index contributed by atoms with van der Waals surface area (Å²) in [5.74, 6) is -2.05. The molecule has 7 nitrogen and oxygen atoms in total. The Morgan fingerprint density at radius 2 is 1.75 bits per heavy atom. The molecule has 166 valence electrons. The van der Waals surface area contributed by atoms with Crippen LogP contribution in [0.1, 0.15) is 50.9 Å². The molecule has 0 spiro atoms. The molecule has 1 aliphatic rings. The Balaban J connectivity index is 1.46. The van der Waals surface area contributed by atoms with Crippen molar-refractivity contribution < 1.29 is 29.0 Å². The first kappa shape index (κ1) is 21.8. The summed E-state index contributed by atoms with van der Waals surface area (Å²) in [6.45, 7) is 1.43. The largest absolute Gasteiger partial charge is 0.507 e. The molecule has 1 amide bonds. The number of benzene rings is 2. The molecule has 3 aromatic rings. The average Bonchev–Trinajstić information content (AvgIpc) is 3.15. The van der Waals surface area contributed by atoms with E-state index in [-0.39, 0.29) is 17.9 Å². The van der Waals surface area contributed by atoms with Crippen LogP contribution < -0.4 is 5.32 Å². The molecule has 4 rings (SSSR count). The Morgan fingerprint density at radius 1 is 1.03 bits per heavy atom. The highest BCUT2D eigenvalue weighted by Gasteiger charge is 2.27. The van der Waals surface area contributed by atoms with E-state index in [0.29, 0.717) is 10.6 Å². The summed E-state index contributed by atoms with van der Waals surface area (Å²) in [5, 5.41) is 14.8. The van der Waals surface area contributed by atoms with E-state index in [2.05, 4.69) is 5.32 Å². The molecule has 0 radical (unpaired) electrons. The lowest BCUT2D eigenvalue weighted by atomic mass is 9.95. The van der Waals surface area contributed by atoms with E-state index in [0.717, 1.165) is 46.9 Å². The van der Waals surface area contributed by atoms with E-state index in [1.165, 1.54) is 23.5 Å². The van der Waals surface area contributed by atoms with Gasteiger partial charge in [-0.25, -0.2) is 9.59 Å². The number of aryl methyl sites for hydroxylation is 1. The number of amides is 1. The number of anilines is 1. The fourth-order valence-corrected chi connectivity index (χ4v) is 5.13. The lowest BCUT2D eigenvalue weighted by Gasteiger charge is -2.12. The van der Waals surface area contributed by atoms with E-state index in [1.54, 1.807) is 6.92 Å². The van der Waals surface area contributed by atoms with Gasteiger partial charge in [0, 0.05) is 4.88 Å². The maximum absolute atomic E-state index is 12.5. The maximum atomic E-state index is 12.5. The van der Waals surface area contributed by atoms with Gasteiger partial charge in [0.1, 0.15) is 16.3 Å². The van der Waals surface area contributed by atoms with Crippen LogP contribution in [0.25, 0.3) is 10.8 Å². The summed E-state index contributed by atoms with van der Waals surface area (Å²) in [6, 6.07) is 10.3. The normalized spacial score (nSPS) is 12.8. The number of aromatic hydroxyl groups is 1. The Hall–Kier alpha value is -3.39. The molecule has 1 aromatic heterocycles. The highest BCUT2D eigenvalue weighted by atomic mass is 32.1. The Morgan fingerprint density at radius 3 is 2.50 bits per heavy atom. The smallest absolute Gasteiger partial charge is 0.342 e. The van der Waals surface area contributed by atoms with Gasteiger partial charge in [-0.1, -0.05) is 24.3 Å². The number of ether oxygens (including phenoxy) is 2. The minimum atomic E-state index is -0.806. The predicted octanol–water partition coefficient (Wildman–Crippen LogP) is 4.46. The molecule has 0 atom stereocenters. The topological polar surface area (TPSA) is 102 Å². The fraction of sp³-hybridized carbons (Fsp3) is 0.292. The van der Waals surface area contributed by atoms with Crippen molar-refractivity contribution in [3.05, 3.63) is 58.0 Å². The molecule has 0 fully saturated rings. The van der Waals surface area contributed by atoms with Crippen molar-refractivity contribution in [1.29, 1.82) is 0 Å². The zero-order valence-electron chi connectivity index (χ0n) is 17.6. The third kappa shape index (κ3) is 4.45. The summed E-state index contributed by atoms with van der Waals surface area (Å²) in [4.78, 5) is 38.5. The first-order valence-corrected chi connectivity index (χ1v) is 11.3. The quantitative estimate of drug-likeness (QED) is 0.535. The van der Waals surface area contributed by atoms with Crippen LogP contribution in [0.5, 0.6) is 5.75 Å². The van der Waals surface area contributed by atoms with Gasteiger partial charge in [-0.05, 0) is 61.1 Å². The van der Waals surface area contributed by atoms with E-state index < -0.39 is 24.5 Å². The highest BCUT2D eigenvalue weighted by molar-refractivity contribution is 7.17. The summed E-state index contributed by atoms with van der Waals surface area (Å²) in [7, 11) is 0. The van der Waals surface area contributed by atoms with Crippen LogP contribution in [-0.2, 0) is 27.1 Å². The van der Waals surface area contributed by atoms with Gasteiger partial charge in [-0.2, -0.15) is 0 Å². The zero-order valence-corrected chi connectivity index (χ0v) is 18.4. The number of hydrogen-bond donors (Lipinski definition) is 2. The second kappa shape index (κ2) is 9.40. The molecule has 0 bridgehead atoms. The summed E-state index contributed by atoms with van der Waals surface area (Å²) < 4.78 is 10.3. The van der Waals surface area contributed by atoms with E-state index in [9.17, 15) is 19.5 Å². The van der Waals surface area contributed by atoms with Crippen LogP contribution in [0.15, 0.2) is 36.4 Å². The second-order valence-electron chi connectivity index (χ2n) is 7.48. The van der Waals surface area contributed by atoms with Crippen molar-refractivity contribution in [3.63, 3.8) is 0 Å². The summed E-state index contributed by atoms with van der Waals surface area (Å²) in [5.41, 5.74) is 1.32. The van der Waals surface area contributed by atoms with Gasteiger partial charge < -0.3 is 19.9 Å². The molecule has 0 aliphatic heterocycles. The average molecular weight is 454 g/mol. The lowest BCUT2D eigenvalue weighted by molar-refractivity contribution is -0.119. The molecule has 0 unspecified atom stereocenters. The Labute approximate surface area is 189 Å². The number of hydrogen-bond acceptors (Lipinski definition) is 7. The highest BCUT2D eigenvalue weighted by Crippen LogP contribution is 2.38. The maximum Gasteiger partial charge on any atom is 0.342 e. The third-order valence-corrected chi connectivity index (χ3v) is 6.53. The number of nitrogens with one attached hydrogen (secondary N) is 1. The van der Waals surface area contributed by atoms with Crippen LogP contribution in [0, 0.1) is 0 Å². The molecule has 8 heteroatoms. The number of phenols is 1. The second-order valence-corrected chi connectivity index (χ2v) is 8.58. The number of esters is 2. The van der Waals surface area contributed by atoms with E-state index >= 15 is 0 Å². The van der Waals surface area contributed by atoms with Crippen LogP contribution in [0.3, 0.4) is 0 Å². The van der Waals surface area contributed by atoms with Crippen LogP contribution in [0.4, 0.5) is 5.00 Å². The standard InChI is InChI=1S/C24H23NO6S/c1-2-30-24(29)21-16-9-5-6-10-19(16)32-22(21)25-20(27)13-31-23(28)17-11-14-7-3-4-8-15(14)12-18(17)26/h3-4,7-8,11-12,26H,2,5-6,9-10,13H2,1H3,(H,25,27). The number of rotatable bonds is 6. The summed E-state index contributed by atoms with van der Waals surface area (Å²) >= 11 is 1.37. The predicted molar refractivity (Wildman–Crippen MR) is 121 cm³/mol. The van der Waals surface area contributed by atoms with E-state index in [4.69, 9.17) is 9.47 Å². The van der Waals surface area contributed by atoms with Gasteiger partial charge in [0.2, 0.25) is 0 Å². The van der Waals surface area contributed by atoms with Gasteiger partial charge in [0.15, 0.2) is 6.61 Å². The van der Waals surface area contributed by atoms with Crippen molar-refractivity contribution in [3.8, 4) is 5.75 Å². The van der Waals surface area contributed by atoms with Crippen molar-refractivity contribution in [2.45, 2.75) is 32.6 Å². The van der Waals surface area contributed by atoms with Gasteiger partial charge in [0.25, 0.3) is 5.91 Å². The Bertz CT molecular complexity index is 1200. The SMILES string of the molecule is CCOC(=O)c1c(NC(=O)COC(=O)c2cc3ccccc3cc2O)sc2c1CCCC2. The van der Waals surface area contributed by atoms with Crippen molar-refractivity contribution in [2.24, 2.45) is 0 Å². The molecule has 2 aromatic carbocycles. The molecular weight excluding hydrogens is 430 g/mol. The monoisotopic (exact) mass is 453 g/mol. The molecule has 0 saturated heterocycles. The zero-order chi connectivity index (χ0) is 22.7. The molecular formula is C24H23NO6S. The minimum Gasteiger partial charge on any atom is -0.507 e. The first-order chi connectivity index (χ1) is 15.5. The van der Waals surface area contributed by atoms with Gasteiger partial charge in [-0.15, -0.1) is 11.3 Å².